The number of carbonyl (C=O) groups excluding carboxylic acids is 3. The number of nitrogens with one attached hydrogen (secondary N) is 4. The fraction of sp³-hybridized carbons (Fsp3) is 0.412. The minimum Gasteiger partial charge on any atom is -0.331 e. The van der Waals surface area contributed by atoms with Gasteiger partial charge in [0.15, 0.2) is 5.11 Å². The number of rotatable bonds is 4. The van der Waals surface area contributed by atoms with Crippen LogP contribution in [0.25, 0.3) is 0 Å². The number of urea groups is 1. The zero-order valence-corrected chi connectivity index (χ0v) is 16.0. The average molecular weight is 377 g/mol. The molecule has 1 saturated heterocycles. The molecule has 4 N–H and O–H groups in total. The first-order chi connectivity index (χ1) is 12.1. The van der Waals surface area contributed by atoms with Crippen molar-refractivity contribution in [2.45, 2.75) is 39.7 Å². The van der Waals surface area contributed by atoms with Crippen LogP contribution >= 0.6 is 12.2 Å². The monoisotopic (exact) mass is 377 g/mol. The number of hydrogen-bond donors (Lipinski definition) is 4. The maximum Gasteiger partial charge on any atom is 0.325 e. The average Bonchev–Trinajstić information content (AvgIpc) is 2.75. The minimum absolute atomic E-state index is 0.00120. The number of benzene rings is 1. The first-order valence-electron chi connectivity index (χ1n) is 8.17. The summed E-state index contributed by atoms with van der Waals surface area (Å²) in [6.45, 7) is 7.15. The van der Waals surface area contributed by atoms with E-state index in [9.17, 15) is 14.4 Å². The molecule has 0 atom stereocenters. The molecule has 1 aromatic carbocycles. The fourth-order valence-corrected chi connectivity index (χ4v) is 2.61. The third-order valence-electron chi connectivity index (χ3n) is 3.96. The first kappa shape index (κ1) is 19.6. The molecule has 140 valence electrons. The van der Waals surface area contributed by atoms with Crippen molar-refractivity contribution in [2.24, 2.45) is 0 Å². The molecule has 1 aliphatic rings. The van der Waals surface area contributed by atoms with E-state index in [1.165, 1.54) is 0 Å². The number of anilines is 1. The van der Waals surface area contributed by atoms with Crippen molar-refractivity contribution >= 4 is 40.9 Å². The van der Waals surface area contributed by atoms with Crippen LogP contribution in [0.15, 0.2) is 18.2 Å². The molecule has 26 heavy (non-hydrogen) atoms. The smallest absolute Gasteiger partial charge is 0.325 e. The molecule has 4 amide bonds. The summed E-state index contributed by atoms with van der Waals surface area (Å²) in [7, 11) is 0. The van der Waals surface area contributed by atoms with Crippen molar-refractivity contribution in [3.05, 3.63) is 29.3 Å². The molecule has 0 spiro atoms. The summed E-state index contributed by atoms with van der Waals surface area (Å²) in [5, 5.41) is 5.81. The van der Waals surface area contributed by atoms with Crippen LogP contribution in [0.5, 0.6) is 0 Å². The minimum atomic E-state index is -0.941. The highest BCUT2D eigenvalue weighted by Gasteiger charge is 2.43. The number of carbonyl (C=O) groups is 3. The van der Waals surface area contributed by atoms with Gasteiger partial charge in [0.1, 0.15) is 5.54 Å². The van der Waals surface area contributed by atoms with E-state index in [-0.39, 0.29) is 29.9 Å². The van der Waals surface area contributed by atoms with E-state index in [1.807, 2.05) is 32.0 Å². The predicted molar refractivity (Wildman–Crippen MR) is 102 cm³/mol. The predicted octanol–water partition coefficient (Wildman–Crippen LogP) is 1.34. The third-order valence-corrected chi connectivity index (χ3v) is 4.17. The molecule has 1 aromatic rings. The third kappa shape index (κ3) is 4.69. The highest BCUT2D eigenvalue weighted by Crippen LogP contribution is 2.17. The van der Waals surface area contributed by atoms with E-state index in [0.29, 0.717) is 0 Å². The highest BCUT2D eigenvalue weighted by atomic mass is 32.1. The van der Waals surface area contributed by atoms with E-state index in [2.05, 4.69) is 21.5 Å². The van der Waals surface area contributed by atoms with Crippen LogP contribution in [-0.4, -0.2) is 39.9 Å². The van der Waals surface area contributed by atoms with Gasteiger partial charge in [-0.3, -0.25) is 25.3 Å². The Morgan fingerprint density at radius 1 is 1.23 bits per heavy atom. The van der Waals surface area contributed by atoms with Crippen molar-refractivity contribution in [2.75, 3.05) is 11.9 Å². The maximum atomic E-state index is 12.0. The number of thiocarbonyl (C=S) groups is 1. The Bertz CT molecular complexity index is 763. The normalized spacial score (nSPS) is 15.5. The molecule has 0 aromatic heterocycles. The number of nitrogens with zero attached hydrogens (tertiary/aromatic N) is 1. The molecule has 8 nitrogen and oxygen atoms in total. The van der Waals surface area contributed by atoms with Gasteiger partial charge in [0.25, 0.3) is 5.91 Å². The summed E-state index contributed by atoms with van der Waals surface area (Å²) in [5.41, 5.74) is 7.07. The molecule has 0 radical (unpaired) electrons. The van der Waals surface area contributed by atoms with E-state index in [1.54, 1.807) is 13.8 Å². The van der Waals surface area contributed by atoms with Gasteiger partial charge in [0.05, 0.1) is 0 Å². The summed E-state index contributed by atoms with van der Waals surface area (Å²) in [6, 6.07) is 5.42. The van der Waals surface area contributed by atoms with Crippen molar-refractivity contribution in [3.8, 4) is 0 Å². The summed E-state index contributed by atoms with van der Waals surface area (Å²) in [4.78, 5) is 36.8. The molecule has 9 heteroatoms. The Labute approximate surface area is 157 Å². The second-order valence-corrected chi connectivity index (χ2v) is 7.12. The molecule has 0 saturated carbocycles. The van der Waals surface area contributed by atoms with Gasteiger partial charge in [-0.25, -0.2) is 4.79 Å². The van der Waals surface area contributed by atoms with Gasteiger partial charge < -0.3 is 10.6 Å². The lowest BCUT2D eigenvalue weighted by Gasteiger charge is -2.16. The van der Waals surface area contributed by atoms with Gasteiger partial charge in [-0.05, 0) is 57.1 Å². The molecule has 0 aliphatic carbocycles. The number of hydrogen-bond acceptors (Lipinski definition) is 4. The fourth-order valence-electron chi connectivity index (χ4n) is 2.45. The van der Waals surface area contributed by atoms with Crippen LogP contribution in [0.2, 0.25) is 0 Å². The number of imide groups is 1. The molecular weight excluding hydrogens is 354 g/mol. The molecule has 0 unspecified atom stereocenters. The van der Waals surface area contributed by atoms with E-state index in [0.717, 1.165) is 21.7 Å². The van der Waals surface area contributed by atoms with Gasteiger partial charge >= 0.3 is 6.03 Å². The quantitative estimate of drug-likeness (QED) is 0.359. The zero-order chi connectivity index (χ0) is 19.5. The lowest BCUT2D eigenvalue weighted by molar-refractivity contribution is -0.130. The standard InChI is InChI=1S/C17H23N5O3S/c1-10-5-6-11(2)12(9-10)18-15(26)21-20-13(23)7-8-22-14(24)17(3,4)19-16(22)25/h5-6,9H,7-8H2,1-4H3,(H,19,25)(H,20,23)(H2,18,21,26). The van der Waals surface area contributed by atoms with E-state index >= 15 is 0 Å². The Balaban J connectivity index is 1.78. The topological polar surface area (TPSA) is 103 Å². The Morgan fingerprint density at radius 2 is 1.92 bits per heavy atom. The Kier molecular flexibility index (Phi) is 5.81. The lowest BCUT2D eigenvalue weighted by Crippen LogP contribution is -2.45. The van der Waals surface area contributed by atoms with Crippen LogP contribution in [0.3, 0.4) is 0 Å². The Morgan fingerprint density at radius 3 is 2.54 bits per heavy atom. The molecular formula is C17H23N5O3S. The Hall–Kier alpha value is -2.68. The number of amides is 4. The second-order valence-electron chi connectivity index (χ2n) is 6.71. The first-order valence-corrected chi connectivity index (χ1v) is 8.58. The molecule has 1 fully saturated rings. The van der Waals surface area contributed by atoms with E-state index < -0.39 is 11.6 Å². The molecule has 0 bridgehead atoms. The molecule has 2 rings (SSSR count). The molecule has 1 aliphatic heterocycles. The number of aryl methyl sites for hydroxylation is 2. The maximum absolute atomic E-state index is 12.0. The SMILES string of the molecule is Cc1ccc(C)c(NC(=S)NNC(=O)CCN2C(=O)NC(C)(C)C2=O)c1. The highest BCUT2D eigenvalue weighted by molar-refractivity contribution is 7.80. The van der Waals surface area contributed by atoms with Gasteiger partial charge in [-0.1, -0.05) is 12.1 Å². The lowest BCUT2D eigenvalue weighted by atomic mass is 10.1. The van der Waals surface area contributed by atoms with Crippen molar-refractivity contribution in [1.29, 1.82) is 0 Å². The van der Waals surface area contributed by atoms with Gasteiger partial charge in [0.2, 0.25) is 5.91 Å². The van der Waals surface area contributed by atoms with Gasteiger partial charge in [-0.2, -0.15) is 0 Å². The zero-order valence-electron chi connectivity index (χ0n) is 15.2. The summed E-state index contributed by atoms with van der Waals surface area (Å²) in [6.07, 6.45) is -0.0334. The van der Waals surface area contributed by atoms with E-state index in [4.69, 9.17) is 12.2 Å². The summed E-state index contributed by atoms with van der Waals surface area (Å²) in [5.74, 6) is -0.740. The molecule has 1 heterocycles. The van der Waals surface area contributed by atoms with Crippen LogP contribution in [0.1, 0.15) is 31.4 Å². The van der Waals surface area contributed by atoms with Crippen LogP contribution < -0.4 is 21.5 Å². The number of hydrazine groups is 1. The second kappa shape index (κ2) is 7.69. The van der Waals surface area contributed by atoms with Gasteiger partial charge in [0, 0.05) is 18.7 Å². The van der Waals surface area contributed by atoms with Crippen molar-refractivity contribution < 1.29 is 14.4 Å². The van der Waals surface area contributed by atoms with Crippen molar-refractivity contribution in [3.63, 3.8) is 0 Å². The van der Waals surface area contributed by atoms with Gasteiger partial charge in [-0.15, -0.1) is 0 Å². The van der Waals surface area contributed by atoms with Crippen molar-refractivity contribution in [1.82, 2.24) is 21.1 Å². The van der Waals surface area contributed by atoms with Crippen LogP contribution in [-0.2, 0) is 9.59 Å². The summed E-state index contributed by atoms with van der Waals surface area (Å²) >= 11 is 5.15. The van der Waals surface area contributed by atoms with Crippen LogP contribution in [0, 0.1) is 13.8 Å². The largest absolute Gasteiger partial charge is 0.331 e. The van der Waals surface area contributed by atoms with Crippen LogP contribution in [0.4, 0.5) is 10.5 Å². The summed E-state index contributed by atoms with van der Waals surface area (Å²) < 4.78 is 0.